The third kappa shape index (κ3) is 6.77. The third-order valence-electron chi connectivity index (χ3n) is 2.82. The lowest BCUT2D eigenvalue weighted by Crippen LogP contribution is -2.45. The van der Waals surface area contributed by atoms with Crippen LogP contribution in [-0.2, 0) is 26.9 Å². The molecule has 0 saturated carbocycles. The fourth-order valence-corrected chi connectivity index (χ4v) is 2.01. The standard InChI is InChI=1S/C15H18ClF3N2O4/c1-14(2,3)25-13(23)20-9(12(22)24-4)7-8-5-6-10(15(17,18)19)21-11(8)16/h5-6,9H,7H2,1-4H3,(H,20,23). The minimum absolute atomic E-state index is 0.140. The van der Waals surface area contributed by atoms with Gasteiger partial charge in [-0.2, -0.15) is 13.2 Å². The molecule has 1 N–H and O–H groups in total. The van der Waals surface area contributed by atoms with Gasteiger partial charge in [-0.25, -0.2) is 14.6 Å². The van der Waals surface area contributed by atoms with Gasteiger partial charge in [-0.3, -0.25) is 0 Å². The second kappa shape index (κ2) is 7.90. The summed E-state index contributed by atoms with van der Waals surface area (Å²) < 4.78 is 47.4. The highest BCUT2D eigenvalue weighted by Crippen LogP contribution is 2.29. The van der Waals surface area contributed by atoms with Crippen molar-refractivity contribution < 1.29 is 32.2 Å². The SMILES string of the molecule is COC(=O)C(Cc1ccc(C(F)(F)F)nc1Cl)NC(=O)OC(C)(C)C. The lowest BCUT2D eigenvalue weighted by Gasteiger charge is -2.22. The van der Waals surface area contributed by atoms with Gasteiger partial charge in [0.05, 0.1) is 7.11 Å². The van der Waals surface area contributed by atoms with Crippen LogP contribution in [0, 0.1) is 0 Å². The molecule has 1 aromatic heterocycles. The van der Waals surface area contributed by atoms with Crippen LogP contribution >= 0.6 is 11.6 Å². The van der Waals surface area contributed by atoms with Gasteiger partial charge in [0.1, 0.15) is 22.5 Å². The van der Waals surface area contributed by atoms with Gasteiger partial charge >= 0.3 is 18.2 Å². The lowest BCUT2D eigenvalue weighted by molar-refractivity contribution is -0.143. The van der Waals surface area contributed by atoms with Gasteiger partial charge in [-0.05, 0) is 32.4 Å². The van der Waals surface area contributed by atoms with Crippen LogP contribution in [0.2, 0.25) is 5.15 Å². The van der Waals surface area contributed by atoms with E-state index in [9.17, 15) is 22.8 Å². The van der Waals surface area contributed by atoms with Crippen molar-refractivity contribution in [2.75, 3.05) is 7.11 Å². The summed E-state index contributed by atoms with van der Waals surface area (Å²) in [6, 6.07) is 0.629. The Morgan fingerprint density at radius 3 is 2.32 bits per heavy atom. The number of nitrogens with one attached hydrogen (secondary N) is 1. The summed E-state index contributed by atoms with van der Waals surface area (Å²) in [5.41, 5.74) is -1.81. The van der Waals surface area contributed by atoms with Crippen LogP contribution in [0.25, 0.3) is 0 Å². The zero-order valence-corrected chi connectivity index (χ0v) is 14.8. The minimum atomic E-state index is -4.64. The first kappa shape index (κ1) is 21.0. The highest BCUT2D eigenvalue weighted by atomic mass is 35.5. The Morgan fingerprint density at radius 1 is 1.28 bits per heavy atom. The number of halogens is 4. The summed E-state index contributed by atoms with van der Waals surface area (Å²) in [6.45, 7) is 4.91. The van der Waals surface area contributed by atoms with E-state index in [1.807, 2.05) is 0 Å². The first-order chi connectivity index (χ1) is 11.3. The Balaban J connectivity index is 2.96. The van der Waals surface area contributed by atoms with Gasteiger partial charge in [0, 0.05) is 6.42 Å². The maximum Gasteiger partial charge on any atom is 0.433 e. The number of pyridine rings is 1. The van der Waals surface area contributed by atoms with Crippen LogP contribution in [0.1, 0.15) is 32.0 Å². The predicted molar refractivity (Wildman–Crippen MR) is 83.1 cm³/mol. The van der Waals surface area contributed by atoms with Gasteiger partial charge in [-0.1, -0.05) is 17.7 Å². The fraction of sp³-hybridized carbons (Fsp3) is 0.533. The topological polar surface area (TPSA) is 77.5 Å². The molecule has 0 saturated heterocycles. The number of ether oxygens (including phenoxy) is 2. The Labute approximate surface area is 147 Å². The maximum atomic E-state index is 12.6. The number of nitrogens with zero attached hydrogens (tertiary/aromatic N) is 1. The van der Waals surface area contributed by atoms with Crippen LogP contribution in [0.15, 0.2) is 12.1 Å². The number of carbonyl (C=O) groups is 2. The number of alkyl halides is 3. The van der Waals surface area contributed by atoms with Crippen molar-refractivity contribution in [2.24, 2.45) is 0 Å². The molecule has 0 fully saturated rings. The molecule has 6 nitrogen and oxygen atoms in total. The highest BCUT2D eigenvalue weighted by molar-refractivity contribution is 6.30. The van der Waals surface area contributed by atoms with Crippen molar-refractivity contribution >= 4 is 23.7 Å². The summed E-state index contributed by atoms with van der Waals surface area (Å²) in [5, 5.41) is 1.88. The van der Waals surface area contributed by atoms with Crippen molar-refractivity contribution in [1.82, 2.24) is 10.3 Å². The van der Waals surface area contributed by atoms with E-state index in [-0.39, 0.29) is 12.0 Å². The van der Waals surface area contributed by atoms with Crippen LogP contribution in [0.4, 0.5) is 18.0 Å². The smallest absolute Gasteiger partial charge is 0.433 e. The van der Waals surface area contributed by atoms with Crippen LogP contribution < -0.4 is 5.32 Å². The number of aromatic nitrogens is 1. The van der Waals surface area contributed by atoms with Crippen LogP contribution in [0.5, 0.6) is 0 Å². The molecule has 0 aromatic carbocycles. The monoisotopic (exact) mass is 382 g/mol. The largest absolute Gasteiger partial charge is 0.467 e. The zero-order chi connectivity index (χ0) is 19.4. The average Bonchev–Trinajstić information content (AvgIpc) is 2.44. The molecule has 10 heteroatoms. The van der Waals surface area contributed by atoms with Crippen LogP contribution in [0.3, 0.4) is 0 Å². The molecule has 140 valence electrons. The van der Waals surface area contributed by atoms with E-state index in [2.05, 4.69) is 15.0 Å². The Kier molecular flexibility index (Phi) is 6.64. The van der Waals surface area contributed by atoms with Crippen molar-refractivity contribution in [3.8, 4) is 0 Å². The Hall–Kier alpha value is -2.03. The quantitative estimate of drug-likeness (QED) is 0.638. The zero-order valence-electron chi connectivity index (χ0n) is 14.0. The summed E-state index contributed by atoms with van der Waals surface area (Å²) in [6.07, 6.45) is -5.73. The highest BCUT2D eigenvalue weighted by Gasteiger charge is 2.33. The van der Waals surface area contributed by atoms with E-state index < -0.39 is 40.7 Å². The normalized spacial score (nSPS) is 13.1. The van der Waals surface area contributed by atoms with Gasteiger partial charge in [0.25, 0.3) is 0 Å². The summed E-state index contributed by atoms with van der Waals surface area (Å²) in [7, 11) is 1.11. The molecule has 25 heavy (non-hydrogen) atoms. The van der Waals surface area contributed by atoms with E-state index in [0.29, 0.717) is 0 Å². The molecule has 1 rings (SSSR count). The Morgan fingerprint density at radius 2 is 1.88 bits per heavy atom. The van der Waals surface area contributed by atoms with E-state index in [0.717, 1.165) is 19.2 Å². The van der Waals surface area contributed by atoms with Gasteiger partial charge in [0.15, 0.2) is 0 Å². The fourth-order valence-electron chi connectivity index (χ4n) is 1.78. The number of amides is 1. The van der Waals surface area contributed by atoms with E-state index in [1.54, 1.807) is 20.8 Å². The van der Waals surface area contributed by atoms with Crippen molar-refractivity contribution in [3.63, 3.8) is 0 Å². The maximum absolute atomic E-state index is 12.6. The summed E-state index contributed by atoms with van der Waals surface area (Å²) in [4.78, 5) is 26.9. The lowest BCUT2D eigenvalue weighted by atomic mass is 10.1. The summed E-state index contributed by atoms with van der Waals surface area (Å²) >= 11 is 5.76. The third-order valence-corrected chi connectivity index (χ3v) is 3.14. The molecule has 1 atom stereocenters. The second-order valence-electron chi connectivity index (χ2n) is 6.07. The number of hydrogen-bond donors (Lipinski definition) is 1. The molecule has 0 bridgehead atoms. The minimum Gasteiger partial charge on any atom is -0.467 e. The average molecular weight is 383 g/mol. The Bertz CT molecular complexity index is 645. The second-order valence-corrected chi connectivity index (χ2v) is 6.43. The first-order valence-corrected chi connectivity index (χ1v) is 7.51. The number of methoxy groups -OCH3 is 1. The molecule has 1 amide bonds. The molecule has 0 aliphatic rings. The number of carbonyl (C=O) groups excluding carboxylic acids is 2. The first-order valence-electron chi connectivity index (χ1n) is 7.13. The van der Waals surface area contributed by atoms with E-state index >= 15 is 0 Å². The van der Waals surface area contributed by atoms with Crippen molar-refractivity contribution in [1.29, 1.82) is 0 Å². The van der Waals surface area contributed by atoms with E-state index in [1.165, 1.54) is 0 Å². The van der Waals surface area contributed by atoms with E-state index in [4.69, 9.17) is 16.3 Å². The van der Waals surface area contributed by atoms with Crippen molar-refractivity contribution in [3.05, 3.63) is 28.5 Å². The molecule has 0 aliphatic carbocycles. The number of esters is 1. The van der Waals surface area contributed by atoms with Crippen LogP contribution in [-0.4, -0.2) is 35.8 Å². The molecule has 0 spiro atoms. The number of rotatable bonds is 4. The molecule has 1 unspecified atom stereocenters. The molecule has 0 radical (unpaired) electrons. The van der Waals surface area contributed by atoms with Crippen molar-refractivity contribution in [2.45, 2.75) is 45.0 Å². The molecule has 1 heterocycles. The van der Waals surface area contributed by atoms with Gasteiger partial charge in [-0.15, -0.1) is 0 Å². The number of hydrogen-bond acceptors (Lipinski definition) is 5. The van der Waals surface area contributed by atoms with Gasteiger partial charge < -0.3 is 14.8 Å². The van der Waals surface area contributed by atoms with Gasteiger partial charge in [0.2, 0.25) is 0 Å². The molecular weight excluding hydrogens is 365 g/mol. The number of alkyl carbamates (subject to hydrolysis) is 1. The molecule has 1 aromatic rings. The molecular formula is C15H18ClF3N2O4. The summed E-state index contributed by atoms with van der Waals surface area (Å²) in [5.74, 6) is -0.804. The molecule has 0 aliphatic heterocycles. The predicted octanol–water partition coefficient (Wildman–Crippen LogP) is 3.36.